The van der Waals surface area contributed by atoms with Gasteiger partial charge in [0, 0.05) is 25.4 Å². The summed E-state index contributed by atoms with van der Waals surface area (Å²) >= 11 is 0. The molecule has 2 fully saturated rings. The van der Waals surface area contributed by atoms with Gasteiger partial charge in [0.25, 0.3) is 0 Å². The van der Waals surface area contributed by atoms with E-state index in [1.165, 1.54) is 11.1 Å². The number of hydrogen-bond acceptors (Lipinski definition) is 2. The van der Waals surface area contributed by atoms with Crippen LogP contribution in [0.15, 0.2) is 24.3 Å². The van der Waals surface area contributed by atoms with Gasteiger partial charge in [-0.15, -0.1) is 0 Å². The van der Waals surface area contributed by atoms with Gasteiger partial charge >= 0.3 is 0 Å². The van der Waals surface area contributed by atoms with Crippen LogP contribution in [0.4, 0.5) is 0 Å². The van der Waals surface area contributed by atoms with Crippen molar-refractivity contribution in [3.63, 3.8) is 0 Å². The lowest BCUT2D eigenvalue weighted by atomic mass is 9.66. The number of nitriles is 1. The molecule has 2 heteroatoms. The molecule has 0 radical (unpaired) electrons. The van der Waals surface area contributed by atoms with Gasteiger partial charge in [-0.1, -0.05) is 24.3 Å². The summed E-state index contributed by atoms with van der Waals surface area (Å²) in [6.07, 6.45) is 0.902. The Morgan fingerprint density at radius 3 is 3.00 bits per heavy atom. The molecule has 0 aromatic heterocycles. The number of ether oxygens (including phenoxy) is 1. The molecule has 3 aliphatic rings. The van der Waals surface area contributed by atoms with Gasteiger partial charge in [0.05, 0.1) is 17.1 Å². The molecule has 3 aliphatic carbocycles. The molecule has 15 heavy (non-hydrogen) atoms. The van der Waals surface area contributed by atoms with Gasteiger partial charge in [-0.25, -0.2) is 0 Å². The maximum atomic E-state index is 9.24. The van der Waals surface area contributed by atoms with Crippen LogP contribution in [-0.2, 0) is 10.3 Å². The minimum Gasteiger partial charge on any atom is -0.373 e. The zero-order chi connectivity index (χ0) is 10.3. The molecule has 4 unspecified atom stereocenters. The van der Waals surface area contributed by atoms with E-state index >= 15 is 0 Å². The third-order valence-electron chi connectivity index (χ3n) is 4.72. The van der Waals surface area contributed by atoms with Gasteiger partial charge in [0.1, 0.15) is 0 Å². The van der Waals surface area contributed by atoms with E-state index < -0.39 is 0 Å². The van der Waals surface area contributed by atoms with Gasteiger partial charge in [-0.3, -0.25) is 0 Å². The van der Waals surface area contributed by atoms with E-state index in [1.54, 1.807) is 7.11 Å². The molecule has 0 amide bonds. The first-order chi connectivity index (χ1) is 7.30. The lowest BCUT2D eigenvalue weighted by Gasteiger charge is -2.44. The molecular formula is C13H11NO. The smallest absolute Gasteiger partial charge is 0.0995 e. The summed E-state index contributed by atoms with van der Waals surface area (Å²) in [7, 11) is 1.78. The number of methoxy groups -OCH3 is 1. The van der Waals surface area contributed by atoms with Crippen molar-refractivity contribution in [3.05, 3.63) is 35.4 Å². The summed E-state index contributed by atoms with van der Waals surface area (Å²) in [6, 6.07) is 11.0. The third-order valence-corrected chi connectivity index (χ3v) is 4.72. The highest BCUT2D eigenvalue weighted by molar-refractivity contribution is 5.61. The Labute approximate surface area is 88.5 Å². The van der Waals surface area contributed by atoms with Crippen molar-refractivity contribution in [2.24, 2.45) is 11.3 Å². The molecular weight excluding hydrogens is 186 g/mol. The normalized spacial score (nSPS) is 47.5. The van der Waals surface area contributed by atoms with E-state index in [2.05, 4.69) is 30.3 Å². The largest absolute Gasteiger partial charge is 0.373 e. The summed E-state index contributed by atoms with van der Waals surface area (Å²) in [5, 5.41) is 9.24. The molecule has 0 spiro atoms. The molecule has 4 rings (SSSR count). The number of fused-ring (bicyclic) bond motifs is 4. The first-order valence-corrected chi connectivity index (χ1v) is 5.36. The molecule has 0 aliphatic heterocycles. The van der Waals surface area contributed by atoms with Gasteiger partial charge in [0.2, 0.25) is 0 Å². The van der Waals surface area contributed by atoms with E-state index in [0.29, 0.717) is 11.8 Å². The molecule has 2 nitrogen and oxygen atoms in total. The Bertz CT molecular complexity index is 518. The molecule has 0 saturated heterocycles. The molecule has 0 heterocycles. The lowest BCUT2D eigenvalue weighted by molar-refractivity contribution is -0.104. The molecule has 2 saturated carbocycles. The zero-order valence-electron chi connectivity index (χ0n) is 8.53. The monoisotopic (exact) mass is 197 g/mol. The van der Waals surface area contributed by atoms with Crippen molar-refractivity contribution in [1.29, 1.82) is 5.26 Å². The minimum atomic E-state index is -0.114. The van der Waals surface area contributed by atoms with E-state index in [4.69, 9.17) is 4.74 Å². The van der Waals surface area contributed by atoms with Crippen LogP contribution in [0.2, 0.25) is 0 Å². The molecule has 4 atom stereocenters. The standard InChI is InChI=1S/C13H11NO/c1-15-13-6-12(7-14)10(11(12)13)8-4-2-3-5-9(8)13/h2-5,10-11H,6H2,1H3. The summed E-state index contributed by atoms with van der Waals surface area (Å²) < 4.78 is 5.72. The van der Waals surface area contributed by atoms with Crippen molar-refractivity contribution in [2.75, 3.05) is 7.11 Å². The van der Waals surface area contributed by atoms with Crippen molar-refractivity contribution < 1.29 is 4.74 Å². The fraction of sp³-hybridized carbons (Fsp3) is 0.462. The maximum absolute atomic E-state index is 9.24. The number of hydrogen-bond donors (Lipinski definition) is 0. The van der Waals surface area contributed by atoms with E-state index in [1.807, 2.05) is 0 Å². The van der Waals surface area contributed by atoms with Crippen molar-refractivity contribution in [2.45, 2.75) is 17.9 Å². The van der Waals surface area contributed by atoms with Gasteiger partial charge < -0.3 is 4.74 Å². The number of nitrogens with zero attached hydrogens (tertiary/aromatic N) is 1. The highest BCUT2D eigenvalue weighted by Gasteiger charge is 2.88. The fourth-order valence-electron chi connectivity index (χ4n) is 4.12. The average molecular weight is 197 g/mol. The Morgan fingerprint density at radius 2 is 2.27 bits per heavy atom. The van der Waals surface area contributed by atoms with E-state index in [9.17, 15) is 5.26 Å². The van der Waals surface area contributed by atoms with Crippen LogP contribution in [0.3, 0.4) is 0 Å². The third kappa shape index (κ3) is 0.540. The second-order valence-corrected chi connectivity index (χ2v) is 4.97. The van der Waals surface area contributed by atoms with Crippen molar-refractivity contribution >= 4 is 0 Å². The van der Waals surface area contributed by atoms with Crippen LogP contribution in [0.25, 0.3) is 0 Å². The average Bonchev–Trinajstić information content (AvgIpc) is 2.74. The Morgan fingerprint density at radius 1 is 1.47 bits per heavy atom. The van der Waals surface area contributed by atoms with Gasteiger partial charge in [0.15, 0.2) is 0 Å². The molecule has 1 aromatic rings. The van der Waals surface area contributed by atoms with E-state index in [-0.39, 0.29) is 11.0 Å². The lowest BCUT2D eigenvalue weighted by Crippen LogP contribution is -2.44. The van der Waals surface area contributed by atoms with Crippen LogP contribution in [0.1, 0.15) is 23.5 Å². The maximum Gasteiger partial charge on any atom is 0.0995 e. The highest BCUT2D eigenvalue weighted by Crippen LogP contribution is 2.88. The second-order valence-electron chi connectivity index (χ2n) is 4.97. The second kappa shape index (κ2) is 1.96. The number of rotatable bonds is 1. The van der Waals surface area contributed by atoms with Crippen LogP contribution in [0.5, 0.6) is 0 Å². The SMILES string of the molecule is COC12CC3(C#N)C(c4ccccc41)C23. The summed E-state index contributed by atoms with van der Waals surface area (Å²) in [4.78, 5) is 0. The predicted molar refractivity (Wildman–Crippen MR) is 54.0 cm³/mol. The Hall–Kier alpha value is -1.33. The molecule has 74 valence electrons. The summed E-state index contributed by atoms with van der Waals surface area (Å²) in [5.41, 5.74) is 2.51. The van der Waals surface area contributed by atoms with Crippen LogP contribution in [0, 0.1) is 22.7 Å². The topological polar surface area (TPSA) is 33.0 Å². The van der Waals surface area contributed by atoms with Crippen molar-refractivity contribution in [3.8, 4) is 6.07 Å². The van der Waals surface area contributed by atoms with Crippen LogP contribution in [-0.4, -0.2) is 7.11 Å². The Balaban J connectivity index is 1.98. The quantitative estimate of drug-likeness (QED) is 0.691. The van der Waals surface area contributed by atoms with Crippen LogP contribution >= 0.6 is 0 Å². The highest BCUT2D eigenvalue weighted by atomic mass is 16.5. The molecule has 0 N–H and O–H groups in total. The van der Waals surface area contributed by atoms with Crippen molar-refractivity contribution in [1.82, 2.24) is 0 Å². The van der Waals surface area contributed by atoms with Gasteiger partial charge in [-0.2, -0.15) is 5.26 Å². The van der Waals surface area contributed by atoms with Gasteiger partial charge in [-0.05, 0) is 11.1 Å². The number of benzene rings is 1. The minimum absolute atomic E-state index is 0.0651. The fourth-order valence-corrected chi connectivity index (χ4v) is 4.12. The van der Waals surface area contributed by atoms with Crippen LogP contribution < -0.4 is 0 Å². The first kappa shape index (κ1) is 7.90. The first-order valence-electron chi connectivity index (χ1n) is 5.36. The summed E-state index contributed by atoms with van der Waals surface area (Å²) in [5.74, 6) is 0.899. The molecule has 1 aromatic carbocycles. The van der Waals surface area contributed by atoms with E-state index in [0.717, 1.165) is 6.42 Å². The molecule has 0 bridgehead atoms. The predicted octanol–water partition coefficient (Wildman–Crippen LogP) is 2.17. The summed E-state index contributed by atoms with van der Waals surface area (Å²) in [6.45, 7) is 0. The zero-order valence-corrected chi connectivity index (χ0v) is 8.53. The Kier molecular flexibility index (Phi) is 1.03.